The molecule has 0 aliphatic carbocycles. The third kappa shape index (κ3) is 4.56. The molecule has 0 radical (unpaired) electrons. The molecule has 188 valence electrons. The van der Waals surface area contributed by atoms with Crippen molar-refractivity contribution in [3.8, 4) is 0 Å². The fourth-order valence-electron chi connectivity index (χ4n) is 5.48. The molecule has 2 aromatic carbocycles. The van der Waals surface area contributed by atoms with Crippen molar-refractivity contribution in [1.29, 1.82) is 0 Å². The van der Waals surface area contributed by atoms with Gasteiger partial charge in [0.1, 0.15) is 17.3 Å². The van der Waals surface area contributed by atoms with Gasteiger partial charge in [0, 0.05) is 53.5 Å². The van der Waals surface area contributed by atoms with Gasteiger partial charge in [0.2, 0.25) is 0 Å². The summed E-state index contributed by atoms with van der Waals surface area (Å²) in [6, 6.07) is 9.33. The highest BCUT2D eigenvalue weighted by Crippen LogP contribution is 2.43. The van der Waals surface area contributed by atoms with Crippen LogP contribution in [0, 0.1) is 11.6 Å². The van der Waals surface area contributed by atoms with Crippen molar-refractivity contribution in [2.75, 3.05) is 36.0 Å². The fraction of sp³-hybridized carbons (Fsp3) is 0.462. The zero-order chi connectivity index (χ0) is 25.1. The van der Waals surface area contributed by atoms with Gasteiger partial charge in [-0.2, -0.15) is 0 Å². The van der Waals surface area contributed by atoms with E-state index in [1.165, 1.54) is 26.0 Å². The molecule has 9 heteroatoms. The van der Waals surface area contributed by atoms with Gasteiger partial charge in [-0.3, -0.25) is 4.90 Å². The Balaban J connectivity index is 1.63. The Kier molecular flexibility index (Phi) is 5.91. The van der Waals surface area contributed by atoms with Crippen molar-refractivity contribution in [3.05, 3.63) is 64.9 Å². The summed E-state index contributed by atoms with van der Waals surface area (Å²) >= 11 is 0. The number of hydrogen-bond acceptors (Lipinski definition) is 4. The van der Waals surface area contributed by atoms with Gasteiger partial charge in [0.25, 0.3) is 0 Å². The zero-order valence-corrected chi connectivity index (χ0v) is 20.9. The lowest BCUT2D eigenvalue weighted by Crippen LogP contribution is -2.48. The number of alkyl halides is 1. The number of aromatic nitrogens is 1. The van der Waals surface area contributed by atoms with E-state index in [0.29, 0.717) is 17.8 Å². The van der Waals surface area contributed by atoms with Crippen LogP contribution in [-0.2, 0) is 16.3 Å². The number of rotatable bonds is 4. The Bertz CT molecular complexity index is 1340. The number of benzene rings is 2. The predicted molar refractivity (Wildman–Crippen MR) is 132 cm³/mol. The number of aromatic amines is 1. The zero-order valence-electron chi connectivity index (χ0n) is 20.1. The number of sulfone groups is 1. The van der Waals surface area contributed by atoms with Crippen LogP contribution in [0.3, 0.4) is 0 Å². The summed E-state index contributed by atoms with van der Waals surface area (Å²) in [5, 5.41) is 1.01. The molecule has 1 saturated heterocycles. The quantitative estimate of drug-likeness (QED) is 0.555. The third-order valence-electron chi connectivity index (χ3n) is 7.12. The molecule has 0 spiro atoms. The van der Waals surface area contributed by atoms with Crippen molar-refractivity contribution in [1.82, 2.24) is 9.88 Å². The number of halogens is 3. The van der Waals surface area contributed by atoms with Crippen LogP contribution < -0.4 is 4.90 Å². The Morgan fingerprint density at radius 1 is 1.09 bits per heavy atom. The Morgan fingerprint density at radius 2 is 1.71 bits per heavy atom. The molecule has 2 atom stereocenters. The molecule has 1 aromatic heterocycles. The summed E-state index contributed by atoms with van der Waals surface area (Å²) in [6.45, 7) is 5.29. The van der Waals surface area contributed by atoms with Gasteiger partial charge in [-0.05, 0) is 51.0 Å². The summed E-state index contributed by atoms with van der Waals surface area (Å²) in [5.41, 5.74) is 1.18. The monoisotopic (exact) mass is 505 g/mol. The molecular formula is C26H30F3N3O2S. The molecule has 35 heavy (non-hydrogen) atoms. The standard InChI is InChI=1S/C26H30F3N3O2S/c1-16-12-19-18-6-4-5-7-22(18)30-24(19)25(32(16)15-26(2,3)29)23-20(27)13-17(14-21(23)28)31-8-10-35(33,34)11-9-31/h4-7,13-14,16,25,30H,8-12,15H2,1-3H3/t16-,25-/m1/s1. The Labute approximate surface area is 203 Å². The second kappa shape index (κ2) is 8.55. The fourth-order valence-corrected chi connectivity index (χ4v) is 6.69. The summed E-state index contributed by atoms with van der Waals surface area (Å²) < 4.78 is 70.0. The average molecular weight is 506 g/mol. The molecule has 1 fully saturated rings. The lowest BCUT2D eigenvalue weighted by atomic mass is 9.87. The van der Waals surface area contributed by atoms with Crippen molar-refractivity contribution in [3.63, 3.8) is 0 Å². The normalized spacial score (nSPS) is 23.0. The van der Waals surface area contributed by atoms with Gasteiger partial charge in [-0.15, -0.1) is 0 Å². The first kappa shape index (κ1) is 24.2. The maximum Gasteiger partial charge on any atom is 0.153 e. The topological polar surface area (TPSA) is 56.4 Å². The first-order chi connectivity index (χ1) is 16.4. The SMILES string of the molecule is C[C@@H]1Cc2c([nH]c3ccccc23)[C@@H](c2c(F)cc(N3CCS(=O)(=O)CC3)cc2F)N1CC(C)(C)F. The maximum absolute atomic E-state index is 15.8. The summed E-state index contributed by atoms with van der Waals surface area (Å²) in [4.78, 5) is 6.90. The first-order valence-corrected chi connectivity index (χ1v) is 13.7. The summed E-state index contributed by atoms with van der Waals surface area (Å²) in [5.74, 6) is -1.54. The van der Waals surface area contributed by atoms with Crippen LogP contribution in [0.15, 0.2) is 36.4 Å². The Morgan fingerprint density at radius 3 is 2.34 bits per heavy atom. The summed E-state index contributed by atoms with van der Waals surface area (Å²) in [7, 11) is -3.12. The molecule has 2 aliphatic heterocycles. The van der Waals surface area contributed by atoms with E-state index in [4.69, 9.17) is 0 Å². The van der Waals surface area contributed by atoms with E-state index < -0.39 is 33.2 Å². The van der Waals surface area contributed by atoms with Crippen molar-refractivity contribution in [2.45, 2.75) is 44.9 Å². The molecule has 1 N–H and O–H groups in total. The minimum atomic E-state index is -3.12. The molecule has 0 unspecified atom stereocenters. The van der Waals surface area contributed by atoms with Crippen molar-refractivity contribution in [2.24, 2.45) is 0 Å². The lowest BCUT2D eigenvalue weighted by Gasteiger charge is -2.43. The molecule has 2 aliphatic rings. The summed E-state index contributed by atoms with van der Waals surface area (Å²) in [6.07, 6.45) is 0.634. The van der Waals surface area contributed by atoms with Crippen molar-refractivity contribution < 1.29 is 21.6 Å². The van der Waals surface area contributed by atoms with Crippen LogP contribution in [0.25, 0.3) is 10.9 Å². The number of H-pyrrole nitrogens is 1. The second-order valence-corrected chi connectivity index (χ2v) is 12.7. The molecule has 0 saturated carbocycles. The van der Waals surface area contributed by atoms with Crippen LogP contribution >= 0.6 is 0 Å². The van der Waals surface area contributed by atoms with Crippen LogP contribution in [0.1, 0.15) is 43.6 Å². The number of fused-ring (bicyclic) bond motifs is 3. The number of nitrogens with zero attached hydrogens (tertiary/aromatic N) is 2. The number of para-hydroxylation sites is 1. The predicted octanol–water partition coefficient (Wildman–Crippen LogP) is 4.77. The molecular weight excluding hydrogens is 475 g/mol. The van der Waals surface area contributed by atoms with E-state index in [2.05, 4.69) is 4.98 Å². The molecule has 5 nitrogen and oxygen atoms in total. The van der Waals surface area contributed by atoms with Gasteiger partial charge in [-0.25, -0.2) is 21.6 Å². The third-order valence-corrected chi connectivity index (χ3v) is 8.73. The van der Waals surface area contributed by atoms with E-state index in [9.17, 15) is 12.8 Å². The van der Waals surface area contributed by atoms with E-state index in [-0.39, 0.29) is 42.7 Å². The van der Waals surface area contributed by atoms with Gasteiger partial charge < -0.3 is 9.88 Å². The number of anilines is 1. The average Bonchev–Trinajstić information content (AvgIpc) is 3.12. The minimum Gasteiger partial charge on any atom is -0.369 e. The van der Waals surface area contributed by atoms with Crippen LogP contribution in [0.4, 0.5) is 18.9 Å². The van der Waals surface area contributed by atoms with E-state index >= 15 is 8.78 Å². The van der Waals surface area contributed by atoms with Gasteiger partial charge in [0.15, 0.2) is 9.84 Å². The van der Waals surface area contributed by atoms with E-state index in [0.717, 1.165) is 16.5 Å². The highest BCUT2D eigenvalue weighted by molar-refractivity contribution is 7.91. The van der Waals surface area contributed by atoms with Gasteiger partial charge in [-0.1, -0.05) is 18.2 Å². The molecule has 0 bridgehead atoms. The van der Waals surface area contributed by atoms with Crippen LogP contribution in [0.2, 0.25) is 0 Å². The highest BCUT2D eigenvalue weighted by Gasteiger charge is 2.41. The van der Waals surface area contributed by atoms with E-state index in [1.54, 1.807) is 4.90 Å². The minimum absolute atomic E-state index is 0.0122. The van der Waals surface area contributed by atoms with Crippen LogP contribution in [0.5, 0.6) is 0 Å². The highest BCUT2D eigenvalue weighted by atomic mass is 32.2. The van der Waals surface area contributed by atoms with Gasteiger partial charge >= 0.3 is 0 Å². The molecule has 5 rings (SSSR count). The molecule has 3 heterocycles. The largest absolute Gasteiger partial charge is 0.369 e. The van der Waals surface area contributed by atoms with E-state index in [1.807, 2.05) is 36.1 Å². The lowest BCUT2D eigenvalue weighted by molar-refractivity contribution is 0.0643. The smallest absolute Gasteiger partial charge is 0.153 e. The molecule has 3 aromatic rings. The molecule has 0 amide bonds. The maximum atomic E-state index is 15.8. The van der Waals surface area contributed by atoms with Gasteiger partial charge in [0.05, 0.1) is 17.5 Å². The number of nitrogens with one attached hydrogen (secondary N) is 1. The number of hydrogen-bond donors (Lipinski definition) is 1. The van der Waals surface area contributed by atoms with Crippen molar-refractivity contribution >= 4 is 26.4 Å². The second-order valence-electron chi connectivity index (χ2n) is 10.4. The Hall–Kier alpha value is -2.52. The van der Waals surface area contributed by atoms with Crippen LogP contribution in [-0.4, -0.2) is 61.2 Å². The first-order valence-electron chi connectivity index (χ1n) is 11.9.